The lowest BCUT2D eigenvalue weighted by atomic mass is 10.3. The molecule has 0 unspecified atom stereocenters. The molecule has 1 atom stereocenters. The lowest BCUT2D eigenvalue weighted by Gasteiger charge is -2.16. The maximum Gasteiger partial charge on any atom is 0.200 e. The molecule has 1 aromatic carbocycles. The summed E-state index contributed by atoms with van der Waals surface area (Å²) in [6.45, 7) is 3.12. The molecule has 100 valence electrons. The van der Waals surface area contributed by atoms with Crippen LogP contribution in [0, 0.1) is 11.6 Å². The number of halogens is 2. The normalized spacial score (nSPS) is 20.3. The minimum atomic E-state index is -0.909. The SMILES string of the molecule is COCCN1CC[C@@H](Oc2cccc(F)c2F)C1. The van der Waals surface area contributed by atoms with E-state index >= 15 is 0 Å². The van der Waals surface area contributed by atoms with Crippen LogP contribution in [0.1, 0.15) is 6.42 Å². The number of likely N-dealkylation sites (tertiary alicyclic amines) is 1. The van der Waals surface area contributed by atoms with Crippen LogP contribution in [-0.4, -0.2) is 44.4 Å². The van der Waals surface area contributed by atoms with Crippen molar-refractivity contribution in [2.24, 2.45) is 0 Å². The third-order valence-corrected chi connectivity index (χ3v) is 3.05. The minimum Gasteiger partial charge on any atom is -0.486 e. The number of hydrogen-bond acceptors (Lipinski definition) is 3. The minimum absolute atomic E-state index is 0.00593. The zero-order chi connectivity index (χ0) is 13.0. The van der Waals surface area contributed by atoms with Crippen LogP contribution in [0.3, 0.4) is 0 Å². The molecule has 1 aliphatic heterocycles. The Labute approximate surface area is 105 Å². The van der Waals surface area contributed by atoms with E-state index in [-0.39, 0.29) is 11.9 Å². The Hall–Kier alpha value is -1.20. The van der Waals surface area contributed by atoms with E-state index in [4.69, 9.17) is 9.47 Å². The zero-order valence-corrected chi connectivity index (χ0v) is 10.4. The van der Waals surface area contributed by atoms with E-state index in [1.54, 1.807) is 7.11 Å². The van der Waals surface area contributed by atoms with Crippen molar-refractivity contribution in [1.82, 2.24) is 4.90 Å². The molecule has 3 nitrogen and oxygen atoms in total. The predicted molar refractivity (Wildman–Crippen MR) is 63.7 cm³/mol. The third-order valence-electron chi connectivity index (χ3n) is 3.05. The Morgan fingerprint density at radius 1 is 1.39 bits per heavy atom. The van der Waals surface area contributed by atoms with Gasteiger partial charge >= 0.3 is 0 Å². The molecule has 0 saturated carbocycles. The summed E-state index contributed by atoms with van der Waals surface area (Å²) < 4.78 is 36.9. The number of nitrogens with zero attached hydrogens (tertiary/aromatic N) is 1. The summed E-state index contributed by atoms with van der Waals surface area (Å²) in [5.41, 5.74) is 0. The molecule has 5 heteroatoms. The lowest BCUT2D eigenvalue weighted by Crippen LogP contribution is -2.28. The smallest absolute Gasteiger partial charge is 0.200 e. The number of hydrogen-bond donors (Lipinski definition) is 0. The lowest BCUT2D eigenvalue weighted by molar-refractivity contribution is 0.146. The van der Waals surface area contributed by atoms with Crippen molar-refractivity contribution < 1.29 is 18.3 Å². The summed E-state index contributed by atoms with van der Waals surface area (Å²) in [4.78, 5) is 2.19. The van der Waals surface area contributed by atoms with Crippen molar-refractivity contribution in [2.75, 3.05) is 33.4 Å². The van der Waals surface area contributed by atoms with E-state index in [0.717, 1.165) is 32.1 Å². The van der Waals surface area contributed by atoms with Crippen molar-refractivity contribution in [2.45, 2.75) is 12.5 Å². The zero-order valence-electron chi connectivity index (χ0n) is 10.4. The van der Waals surface area contributed by atoms with Crippen molar-refractivity contribution in [1.29, 1.82) is 0 Å². The summed E-state index contributed by atoms with van der Waals surface area (Å²) in [7, 11) is 1.66. The second-order valence-electron chi connectivity index (χ2n) is 4.37. The van der Waals surface area contributed by atoms with Gasteiger partial charge in [-0.2, -0.15) is 4.39 Å². The highest BCUT2D eigenvalue weighted by Crippen LogP contribution is 2.23. The molecule has 1 aliphatic rings. The Bertz CT molecular complexity index is 401. The standard InChI is InChI=1S/C13H17F2NO2/c1-17-8-7-16-6-5-10(9-16)18-12-4-2-3-11(14)13(12)15/h2-4,10H,5-9H2,1H3/t10-/m1/s1. The van der Waals surface area contributed by atoms with Gasteiger partial charge in [0.05, 0.1) is 6.61 Å². The first-order valence-corrected chi connectivity index (χ1v) is 6.02. The molecule has 0 aromatic heterocycles. The fraction of sp³-hybridized carbons (Fsp3) is 0.538. The van der Waals surface area contributed by atoms with Crippen LogP contribution in [-0.2, 0) is 4.74 Å². The van der Waals surface area contributed by atoms with Gasteiger partial charge < -0.3 is 9.47 Å². The second-order valence-corrected chi connectivity index (χ2v) is 4.37. The van der Waals surface area contributed by atoms with E-state index in [0.29, 0.717) is 6.61 Å². The van der Waals surface area contributed by atoms with Crippen LogP contribution in [0.4, 0.5) is 8.78 Å². The van der Waals surface area contributed by atoms with Gasteiger partial charge in [0.25, 0.3) is 0 Å². The monoisotopic (exact) mass is 257 g/mol. The van der Waals surface area contributed by atoms with Gasteiger partial charge in [-0.3, -0.25) is 4.90 Å². The van der Waals surface area contributed by atoms with E-state index in [2.05, 4.69) is 4.90 Å². The molecule has 0 radical (unpaired) electrons. The van der Waals surface area contributed by atoms with Crippen LogP contribution in [0.2, 0.25) is 0 Å². The number of benzene rings is 1. The van der Waals surface area contributed by atoms with Gasteiger partial charge in [0.1, 0.15) is 6.10 Å². The van der Waals surface area contributed by atoms with Crippen LogP contribution >= 0.6 is 0 Å². The fourth-order valence-corrected chi connectivity index (χ4v) is 2.07. The Morgan fingerprint density at radius 3 is 3.00 bits per heavy atom. The van der Waals surface area contributed by atoms with E-state index in [9.17, 15) is 8.78 Å². The van der Waals surface area contributed by atoms with Gasteiger partial charge in [-0.05, 0) is 18.6 Å². The van der Waals surface area contributed by atoms with Gasteiger partial charge in [0.2, 0.25) is 5.82 Å². The molecule has 1 fully saturated rings. The van der Waals surface area contributed by atoms with Crippen molar-refractivity contribution in [3.63, 3.8) is 0 Å². The molecular weight excluding hydrogens is 240 g/mol. The topological polar surface area (TPSA) is 21.7 Å². The average Bonchev–Trinajstić information content (AvgIpc) is 2.80. The summed E-state index contributed by atoms with van der Waals surface area (Å²) >= 11 is 0. The van der Waals surface area contributed by atoms with Crippen LogP contribution in [0.15, 0.2) is 18.2 Å². The van der Waals surface area contributed by atoms with E-state index in [1.165, 1.54) is 12.1 Å². The molecule has 1 saturated heterocycles. The molecule has 0 aliphatic carbocycles. The summed E-state index contributed by atoms with van der Waals surface area (Å²) in [6.07, 6.45) is 0.734. The first-order chi connectivity index (χ1) is 8.70. The molecule has 18 heavy (non-hydrogen) atoms. The number of rotatable bonds is 5. The molecule has 1 aromatic rings. The Kier molecular flexibility index (Phi) is 4.49. The maximum atomic E-state index is 13.4. The Balaban J connectivity index is 1.89. The van der Waals surface area contributed by atoms with Crippen molar-refractivity contribution in [3.8, 4) is 5.75 Å². The van der Waals surface area contributed by atoms with Crippen molar-refractivity contribution >= 4 is 0 Å². The van der Waals surface area contributed by atoms with Crippen molar-refractivity contribution in [3.05, 3.63) is 29.8 Å². The molecule has 0 bridgehead atoms. The van der Waals surface area contributed by atoms with Gasteiger partial charge in [-0.25, -0.2) is 4.39 Å². The molecule has 0 spiro atoms. The summed E-state index contributed by atoms with van der Waals surface area (Å²) in [5.74, 6) is -1.79. The quantitative estimate of drug-likeness (QED) is 0.806. The largest absolute Gasteiger partial charge is 0.486 e. The van der Waals surface area contributed by atoms with Gasteiger partial charge in [-0.15, -0.1) is 0 Å². The third kappa shape index (κ3) is 3.17. The highest BCUT2D eigenvalue weighted by Gasteiger charge is 2.24. The molecule has 0 amide bonds. The molecule has 1 heterocycles. The second kappa shape index (κ2) is 6.11. The molecule has 2 rings (SSSR count). The van der Waals surface area contributed by atoms with Gasteiger partial charge in [0.15, 0.2) is 11.6 Å². The summed E-state index contributed by atoms with van der Waals surface area (Å²) in [5, 5.41) is 0. The summed E-state index contributed by atoms with van der Waals surface area (Å²) in [6, 6.07) is 3.99. The number of methoxy groups -OCH3 is 1. The first kappa shape index (κ1) is 13.2. The van der Waals surface area contributed by atoms with Gasteiger partial charge in [-0.1, -0.05) is 6.07 Å². The first-order valence-electron chi connectivity index (χ1n) is 6.02. The van der Waals surface area contributed by atoms with E-state index < -0.39 is 11.6 Å². The highest BCUT2D eigenvalue weighted by atomic mass is 19.2. The van der Waals surface area contributed by atoms with Gasteiger partial charge in [0, 0.05) is 26.7 Å². The highest BCUT2D eigenvalue weighted by molar-refractivity contribution is 5.25. The maximum absolute atomic E-state index is 13.4. The number of ether oxygens (including phenoxy) is 2. The molecule has 0 N–H and O–H groups in total. The average molecular weight is 257 g/mol. The van der Waals surface area contributed by atoms with Crippen LogP contribution in [0.25, 0.3) is 0 Å². The fourth-order valence-electron chi connectivity index (χ4n) is 2.07. The van der Waals surface area contributed by atoms with Crippen LogP contribution < -0.4 is 4.74 Å². The van der Waals surface area contributed by atoms with E-state index in [1.807, 2.05) is 0 Å². The van der Waals surface area contributed by atoms with Crippen LogP contribution in [0.5, 0.6) is 5.75 Å². The molecular formula is C13H17F2NO2. The Morgan fingerprint density at radius 2 is 2.22 bits per heavy atom. The predicted octanol–water partition coefficient (Wildman–Crippen LogP) is 2.06.